The summed E-state index contributed by atoms with van der Waals surface area (Å²) in [6, 6.07) is 9.72. The molecule has 0 atom stereocenters. The Hall–Kier alpha value is -1.53. The van der Waals surface area contributed by atoms with Gasteiger partial charge in [-0.2, -0.15) is 5.26 Å². The second-order valence-corrected chi connectivity index (χ2v) is 3.03. The average molecular weight is 189 g/mol. The van der Waals surface area contributed by atoms with Gasteiger partial charge in [0.05, 0.1) is 11.6 Å². The minimum atomic E-state index is 0.630. The molecule has 0 heterocycles. The van der Waals surface area contributed by atoms with Gasteiger partial charge in [-0.05, 0) is 25.1 Å². The molecule has 0 aromatic heterocycles. The SMILES string of the molecule is CCN(CCN)c1cccc(C#N)c1. The van der Waals surface area contributed by atoms with Gasteiger partial charge in [0.1, 0.15) is 0 Å². The predicted molar refractivity (Wildman–Crippen MR) is 58.1 cm³/mol. The van der Waals surface area contributed by atoms with Crippen molar-refractivity contribution >= 4 is 5.69 Å². The third-order valence-corrected chi connectivity index (χ3v) is 2.12. The van der Waals surface area contributed by atoms with E-state index in [4.69, 9.17) is 11.0 Å². The molecule has 0 radical (unpaired) electrons. The van der Waals surface area contributed by atoms with Crippen LogP contribution in [0.25, 0.3) is 0 Å². The van der Waals surface area contributed by atoms with E-state index in [-0.39, 0.29) is 0 Å². The van der Waals surface area contributed by atoms with E-state index < -0.39 is 0 Å². The third kappa shape index (κ3) is 2.48. The van der Waals surface area contributed by atoms with Crippen LogP contribution in [0.1, 0.15) is 12.5 Å². The highest BCUT2D eigenvalue weighted by molar-refractivity contribution is 5.51. The van der Waals surface area contributed by atoms with E-state index in [0.29, 0.717) is 12.1 Å². The molecular formula is C11H15N3. The lowest BCUT2D eigenvalue weighted by molar-refractivity contribution is 0.817. The molecule has 0 aliphatic heterocycles. The Bertz CT molecular complexity index is 328. The normalized spacial score (nSPS) is 9.50. The molecule has 0 saturated carbocycles. The van der Waals surface area contributed by atoms with E-state index >= 15 is 0 Å². The number of benzene rings is 1. The molecule has 14 heavy (non-hydrogen) atoms. The fourth-order valence-electron chi connectivity index (χ4n) is 1.40. The van der Waals surface area contributed by atoms with Crippen molar-refractivity contribution in [2.75, 3.05) is 24.5 Å². The van der Waals surface area contributed by atoms with Crippen LogP contribution in [0, 0.1) is 11.3 Å². The number of anilines is 1. The summed E-state index contributed by atoms with van der Waals surface area (Å²) in [5, 5.41) is 8.75. The number of hydrogen-bond acceptors (Lipinski definition) is 3. The van der Waals surface area contributed by atoms with Gasteiger partial charge in [0.15, 0.2) is 0 Å². The molecule has 0 unspecified atom stereocenters. The molecular weight excluding hydrogens is 174 g/mol. The number of nitrogens with two attached hydrogens (primary N) is 1. The summed E-state index contributed by atoms with van der Waals surface area (Å²) >= 11 is 0. The van der Waals surface area contributed by atoms with Crippen molar-refractivity contribution in [3.63, 3.8) is 0 Å². The first-order valence-corrected chi connectivity index (χ1v) is 4.77. The van der Waals surface area contributed by atoms with Gasteiger partial charge in [0.2, 0.25) is 0 Å². The van der Waals surface area contributed by atoms with Gasteiger partial charge in [0, 0.05) is 25.3 Å². The van der Waals surface area contributed by atoms with E-state index in [1.54, 1.807) is 6.07 Å². The van der Waals surface area contributed by atoms with Gasteiger partial charge in [-0.25, -0.2) is 0 Å². The molecule has 0 aliphatic rings. The predicted octanol–water partition coefficient (Wildman–Crippen LogP) is 1.34. The zero-order valence-electron chi connectivity index (χ0n) is 8.40. The first-order chi connectivity index (χ1) is 6.81. The zero-order valence-corrected chi connectivity index (χ0v) is 8.40. The number of likely N-dealkylation sites (N-methyl/N-ethyl adjacent to an activating group) is 1. The first-order valence-electron chi connectivity index (χ1n) is 4.77. The van der Waals surface area contributed by atoms with E-state index in [0.717, 1.165) is 18.8 Å². The molecule has 1 aromatic carbocycles. The van der Waals surface area contributed by atoms with Crippen molar-refractivity contribution < 1.29 is 0 Å². The van der Waals surface area contributed by atoms with Gasteiger partial charge in [-0.3, -0.25) is 0 Å². The molecule has 0 aliphatic carbocycles. The van der Waals surface area contributed by atoms with Gasteiger partial charge in [0.25, 0.3) is 0 Å². The van der Waals surface area contributed by atoms with Crippen molar-refractivity contribution in [1.29, 1.82) is 5.26 Å². The lowest BCUT2D eigenvalue weighted by Gasteiger charge is -2.22. The molecule has 0 amide bonds. The molecule has 74 valence electrons. The Balaban J connectivity index is 2.87. The Labute approximate surface area is 84.7 Å². The van der Waals surface area contributed by atoms with E-state index in [1.807, 2.05) is 18.2 Å². The fourth-order valence-corrected chi connectivity index (χ4v) is 1.40. The van der Waals surface area contributed by atoms with Crippen LogP contribution in [0.5, 0.6) is 0 Å². The molecule has 1 aromatic rings. The largest absolute Gasteiger partial charge is 0.371 e. The van der Waals surface area contributed by atoms with Crippen LogP contribution < -0.4 is 10.6 Å². The number of hydrogen-bond donors (Lipinski definition) is 1. The average Bonchev–Trinajstić information content (AvgIpc) is 2.26. The maximum Gasteiger partial charge on any atom is 0.0992 e. The highest BCUT2D eigenvalue weighted by atomic mass is 15.1. The van der Waals surface area contributed by atoms with Gasteiger partial charge >= 0.3 is 0 Å². The second-order valence-electron chi connectivity index (χ2n) is 3.03. The van der Waals surface area contributed by atoms with Crippen LogP contribution in [-0.2, 0) is 0 Å². The maximum atomic E-state index is 8.75. The van der Waals surface area contributed by atoms with Crippen LogP contribution in [0.2, 0.25) is 0 Å². The standard InChI is InChI=1S/C11H15N3/c1-2-14(7-6-12)11-5-3-4-10(8-11)9-13/h3-5,8H,2,6-7,12H2,1H3. The Morgan fingerprint density at radius 3 is 2.86 bits per heavy atom. The smallest absolute Gasteiger partial charge is 0.0992 e. The summed E-state index contributed by atoms with van der Waals surface area (Å²) in [5.74, 6) is 0. The molecule has 3 heteroatoms. The van der Waals surface area contributed by atoms with Crippen molar-refractivity contribution in [2.45, 2.75) is 6.92 Å². The molecule has 1 rings (SSSR count). The van der Waals surface area contributed by atoms with E-state index in [1.165, 1.54) is 0 Å². The minimum Gasteiger partial charge on any atom is -0.371 e. The summed E-state index contributed by atoms with van der Waals surface area (Å²) in [7, 11) is 0. The minimum absolute atomic E-state index is 0.630. The number of nitriles is 1. The van der Waals surface area contributed by atoms with Crippen molar-refractivity contribution in [1.82, 2.24) is 0 Å². The third-order valence-electron chi connectivity index (χ3n) is 2.12. The first kappa shape index (κ1) is 10.6. The van der Waals surface area contributed by atoms with Gasteiger partial charge < -0.3 is 10.6 Å². The fraction of sp³-hybridized carbons (Fsp3) is 0.364. The molecule has 0 fully saturated rings. The van der Waals surface area contributed by atoms with Crippen LogP contribution in [0.3, 0.4) is 0 Å². The Morgan fingerprint density at radius 2 is 2.29 bits per heavy atom. The van der Waals surface area contributed by atoms with Crippen molar-refractivity contribution in [3.8, 4) is 6.07 Å². The van der Waals surface area contributed by atoms with Crippen molar-refractivity contribution in [3.05, 3.63) is 29.8 Å². The maximum absolute atomic E-state index is 8.75. The summed E-state index contributed by atoms with van der Waals surface area (Å²) < 4.78 is 0. The number of nitrogens with zero attached hydrogens (tertiary/aromatic N) is 2. The lowest BCUT2D eigenvalue weighted by atomic mass is 10.2. The van der Waals surface area contributed by atoms with E-state index in [2.05, 4.69) is 17.9 Å². The second kappa shape index (κ2) is 5.25. The van der Waals surface area contributed by atoms with Gasteiger partial charge in [-0.1, -0.05) is 6.07 Å². The molecule has 3 nitrogen and oxygen atoms in total. The molecule has 0 spiro atoms. The molecule has 0 bridgehead atoms. The summed E-state index contributed by atoms with van der Waals surface area (Å²) in [6.45, 7) is 4.44. The van der Waals surface area contributed by atoms with Crippen LogP contribution >= 0.6 is 0 Å². The van der Waals surface area contributed by atoms with Gasteiger partial charge in [-0.15, -0.1) is 0 Å². The van der Waals surface area contributed by atoms with Crippen LogP contribution in [0.15, 0.2) is 24.3 Å². The monoisotopic (exact) mass is 189 g/mol. The highest BCUT2D eigenvalue weighted by Gasteiger charge is 2.02. The Kier molecular flexibility index (Phi) is 3.96. The summed E-state index contributed by atoms with van der Waals surface area (Å²) in [6.07, 6.45) is 0. The molecule has 2 N–H and O–H groups in total. The number of rotatable bonds is 4. The quantitative estimate of drug-likeness (QED) is 0.777. The Morgan fingerprint density at radius 1 is 1.50 bits per heavy atom. The molecule has 0 saturated heterocycles. The summed E-state index contributed by atoms with van der Waals surface area (Å²) in [5.41, 5.74) is 7.27. The lowest BCUT2D eigenvalue weighted by Crippen LogP contribution is -2.28. The zero-order chi connectivity index (χ0) is 10.4. The van der Waals surface area contributed by atoms with Crippen molar-refractivity contribution in [2.24, 2.45) is 5.73 Å². The summed E-state index contributed by atoms with van der Waals surface area (Å²) in [4.78, 5) is 2.15. The van der Waals surface area contributed by atoms with Crippen LogP contribution in [0.4, 0.5) is 5.69 Å². The topological polar surface area (TPSA) is 53.0 Å². The highest BCUT2D eigenvalue weighted by Crippen LogP contribution is 2.14. The van der Waals surface area contributed by atoms with Crippen LogP contribution in [-0.4, -0.2) is 19.6 Å². The van der Waals surface area contributed by atoms with E-state index in [9.17, 15) is 0 Å².